The second kappa shape index (κ2) is 4.63. The standard InChI is InChI=1S/C10H9NO5/c12-3-8-1-9(13)10(6-14-8)15-4-7-2-11-16-5-7/h1-2,5-6,12H,3-4H2. The first-order chi connectivity index (χ1) is 7.79. The van der Waals surface area contributed by atoms with Crippen LogP contribution in [0.5, 0.6) is 5.75 Å². The summed E-state index contributed by atoms with van der Waals surface area (Å²) in [7, 11) is 0. The summed E-state index contributed by atoms with van der Waals surface area (Å²) in [6.07, 6.45) is 4.08. The van der Waals surface area contributed by atoms with E-state index < -0.39 is 0 Å². The predicted octanol–water partition coefficient (Wildman–Crippen LogP) is 0.699. The van der Waals surface area contributed by atoms with Crippen LogP contribution in [-0.2, 0) is 13.2 Å². The molecule has 1 N–H and O–H groups in total. The van der Waals surface area contributed by atoms with Gasteiger partial charge in [0, 0.05) is 11.6 Å². The Morgan fingerprint density at radius 3 is 2.94 bits per heavy atom. The highest BCUT2D eigenvalue weighted by Gasteiger charge is 2.05. The third kappa shape index (κ3) is 2.29. The summed E-state index contributed by atoms with van der Waals surface area (Å²) < 4.78 is 14.7. The zero-order chi connectivity index (χ0) is 11.4. The summed E-state index contributed by atoms with van der Waals surface area (Å²) in [5.74, 6) is 0.278. The molecular weight excluding hydrogens is 214 g/mol. The Bertz CT molecular complexity index is 502. The molecule has 0 aliphatic heterocycles. The van der Waals surface area contributed by atoms with Crippen molar-refractivity contribution in [2.75, 3.05) is 0 Å². The van der Waals surface area contributed by atoms with Crippen LogP contribution in [0.1, 0.15) is 11.3 Å². The van der Waals surface area contributed by atoms with E-state index >= 15 is 0 Å². The summed E-state index contributed by atoms with van der Waals surface area (Å²) in [4.78, 5) is 11.4. The van der Waals surface area contributed by atoms with Crippen LogP contribution in [0.15, 0.2) is 38.5 Å². The number of hydrogen-bond donors (Lipinski definition) is 1. The number of nitrogens with zero attached hydrogens (tertiary/aromatic N) is 1. The smallest absolute Gasteiger partial charge is 0.227 e. The lowest BCUT2D eigenvalue weighted by Crippen LogP contribution is -2.07. The molecule has 2 rings (SSSR count). The quantitative estimate of drug-likeness (QED) is 0.821. The molecule has 0 aromatic carbocycles. The molecule has 2 aromatic rings. The summed E-state index contributed by atoms with van der Waals surface area (Å²) in [6.45, 7) is -0.145. The molecule has 0 amide bonds. The second-order valence-corrected chi connectivity index (χ2v) is 3.05. The molecule has 0 spiro atoms. The highest BCUT2D eigenvalue weighted by Crippen LogP contribution is 2.08. The SMILES string of the molecule is O=c1cc(CO)occ1OCc1cnoc1. The molecule has 0 fully saturated rings. The van der Waals surface area contributed by atoms with E-state index in [1.807, 2.05) is 0 Å². The van der Waals surface area contributed by atoms with Crippen molar-refractivity contribution < 1.29 is 18.8 Å². The lowest BCUT2D eigenvalue weighted by atomic mass is 10.3. The van der Waals surface area contributed by atoms with Crippen LogP contribution in [0, 0.1) is 0 Å². The Kier molecular flexibility index (Phi) is 3.02. The van der Waals surface area contributed by atoms with Gasteiger partial charge in [-0.1, -0.05) is 5.16 Å². The maximum absolute atomic E-state index is 11.4. The van der Waals surface area contributed by atoms with Crippen molar-refractivity contribution in [1.82, 2.24) is 5.16 Å². The lowest BCUT2D eigenvalue weighted by molar-refractivity contribution is 0.236. The molecule has 0 bridgehead atoms. The first-order valence-electron chi connectivity index (χ1n) is 4.53. The van der Waals surface area contributed by atoms with Crippen molar-refractivity contribution in [1.29, 1.82) is 0 Å². The van der Waals surface area contributed by atoms with Gasteiger partial charge >= 0.3 is 0 Å². The molecule has 0 aliphatic carbocycles. The van der Waals surface area contributed by atoms with Crippen LogP contribution in [0.25, 0.3) is 0 Å². The van der Waals surface area contributed by atoms with Crippen LogP contribution < -0.4 is 10.2 Å². The van der Waals surface area contributed by atoms with Gasteiger partial charge < -0.3 is 18.8 Å². The first-order valence-corrected chi connectivity index (χ1v) is 4.53. The van der Waals surface area contributed by atoms with E-state index in [0.29, 0.717) is 5.56 Å². The normalized spacial score (nSPS) is 10.3. The molecule has 2 aromatic heterocycles. The number of rotatable bonds is 4. The third-order valence-electron chi connectivity index (χ3n) is 1.89. The van der Waals surface area contributed by atoms with E-state index in [1.165, 1.54) is 24.8 Å². The van der Waals surface area contributed by atoms with Crippen molar-refractivity contribution in [2.45, 2.75) is 13.2 Å². The van der Waals surface area contributed by atoms with Crippen molar-refractivity contribution in [3.05, 3.63) is 46.3 Å². The number of aliphatic hydroxyl groups excluding tert-OH is 1. The molecule has 2 heterocycles. The van der Waals surface area contributed by atoms with Crippen LogP contribution >= 0.6 is 0 Å². The molecule has 84 valence electrons. The Balaban J connectivity index is 2.07. The number of ether oxygens (including phenoxy) is 1. The highest BCUT2D eigenvalue weighted by molar-refractivity contribution is 5.17. The molecule has 0 saturated heterocycles. The zero-order valence-electron chi connectivity index (χ0n) is 8.25. The average Bonchev–Trinajstić information content (AvgIpc) is 2.80. The lowest BCUT2D eigenvalue weighted by Gasteiger charge is -2.02. The van der Waals surface area contributed by atoms with Crippen LogP contribution in [0.2, 0.25) is 0 Å². The Labute approximate surface area is 90.1 Å². The van der Waals surface area contributed by atoms with Gasteiger partial charge in [0.05, 0.1) is 6.20 Å². The fraction of sp³-hybridized carbons (Fsp3) is 0.200. The van der Waals surface area contributed by atoms with Crippen molar-refractivity contribution in [3.63, 3.8) is 0 Å². The summed E-state index contributed by atoms with van der Waals surface area (Å²) in [6, 6.07) is 1.18. The monoisotopic (exact) mass is 223 g/mol. The van der Waals surface area contributed by atoms with Crippen molar-refractivity contribution in [2.24, 2.45) is 0 Å². The van der Waals surface area contributed by atoms with E-state index in [2.05, 4.69) is 9.68 Å². The van der Waals surface area contributed by atoms with Crippen LogP contribution in [0.3, 0.4) is 0 Å². The highest BCUT2D eigenvalue weighted by atomic mass is 16.5. The van der Waals surface area contributed by atoms with Gasteiger partial charge in [-0.15, -0.1) is 0 Å². The van der Waals surface area contributed by atoms with Gasteiger partial charge in [0.25, 0.3) is 0 Å². The third-order valence-corrected chi connectivity index (χ3v) is 1.89. The number of hydrogen-bond acceptors (Lipinski definition) is 6. The largest absolute Gasteiger partial charge is 0.482 e. The van der Waals surface area contributed by atoms with Gasteiger partial charge in [0.15, 0.2) is 0 Å². The van der Waals surface area contributed by atoms with E-state index in [4.69, 9.17) is 14.3 Å². The first kappa shape index (κ1) is 10.4. The molecule has 0 unspecified atom stereocenters. The summed E-state index contributed by atoms with van der Waals surface area (Å²) in [5.41, 5.74) is 0.373. The number of aliphatic hydroxyl groups is 1. The molecule has 0 saturated carbocycles. The summed E-state index contributed by atoms with van der Waals surface area (Å²) >= 11 is 0. The molecule has 0 atom stereocenters. The molecule has 0 radical (unpaired) electrons. The summed E-state index contributed by atoms with van der Waals surface area (Å²) in [5, 5.41) is 12.2. The molecular formula is C10H9NO5. The van der Waals surface area contributed by atoms with Gasteiger partial charge in [0.1, 0.15) is 31.5 Å². The average molecular weight is 223 g/mol. The molecule has 6 nitrogen and oxygen atoms in total. The fourth-order valence-electron chi connectivity index (χ4n) is 1.09. The Morgan fingerprint density at radius 2 is 2.31 bits per heavy atom. The van der Waals surface area contributed by atoms with E-state index in [1.54, 1.807) is 0 Å². The van der Waals surface area contributed by atoms with Gasteiger partial charge in [-0.25, -0.2) is 0 Å². The minimum Gasteiger partial charge on any atom is -0.482 e. The minimum absolute atomic E-state index is 0.0819. The van der Waals surface area contributed by atoms with Gasteiger partial charge in [-0.2, -0.15) is 0 Å². The Hall–Kier alpha value is -2.08. The van der Waals surface area contributed by atoms with Crippen LogP contribution in [-0.4, -0.2) is 10.3 Å². The zero-order valence-corrected chi connectivity index (χ0v) is 8.25. The topological polar surface area (TPSA) is 85.7 Å². The van der Waals surface area contributed by atoms with Gasteiger partial charge in [0.2, 0.25) is 11.2 Å². The van der Waals surface area contributed by atoms with Gasteiger partial charge in [-0.05, 0) is 0 Å². The minimum atomic E-state index is -0.341. The fourth-order valence-corrected chi connectivity index (χ4v) is 1.09. The molecule has 16 heavy (non-hydrogen) atoms. The van der Waals surface area contributed by atoms with Crippen LogP contribution in [0.4, 0.5) is 0 Å². The second-order valence-electron chi connectivity index (χ2n) is 3.05. The predicted molar refractivity (Wildman–Crippen MR) is 51.7 cm³/mol. The van der Waals surface area contributed by atoms with Crippen molar-refractivity contribution in [3.8, 4) is 5.75 Å². The number of aromatic nitrogens is 1. The maximum Gasteiger partial charge on any atom is 0.227 e. The van der Waals surface area contributed by atoms with Gasteiger partial charge in [-0.3, -0.25) is 4.79 Å². The molecule has 0 aliphatic rings. The van der Waals surface area contributed by atoms with E-state index in [9.17, 15) is 4.79 Å². The van der Waals surface area contributed by atoms with E-state index in [-0.39, 0.29) is 30.2 Å². The van der Waals surface area contributed by atoms with E-state index in [0.717, 1.165) is 0 Å². The van der Waals surface area contributed by atoms with Crippen molar-refractivity contribution >= 4 is 0 Å². The Morgan fingerprint density at radius 1 is 1.44 bits per heavy atom. The maximum atomic E-state index is 11.4. The molecule has 6 heteroatoms.